The Morgan fingerprint density at radius 3 is 2.65 bits per heavy atom. The second-order valence-corrected chi connectivity index (χ2v) is 4.51. The van der Waals surface area contributed by atoms with Crippen LogP contribution in [0.1, 0.15) is 25.0 Å². The average Bonchev–Trinajstić information content (AvgIpc) is 2.40. The summed E-state index contributed by atoms with van der Waals surface area (Å²) in [5.74, 6) is -0.232. The van der Waals surface area contributed by atoms with Crippen molar-refractivity contribution in [1.29, 1.82) is 0 Å². The number of esters is 1. The number of rotatable bonds is 6. The van der Waals surface area contributed by atoms with Crippen molar-refractivity contribution in [3.05, 3.63) is 29.3 Å². The van der Waals surface area contributed by atoms with Gasteiger partial charge in [-0.05, 0) is 44.9 Å². The van der Waals surface area contributed by atoms with Gasteiger partial charge in [0.2, 0.25) is 0 Å². The minimum atomic E-state index is -0.815. The number of carbonyl (C=O) groups excluding carboxylic acids is 2. The first-order valence-corrected chi connectivity index (χ1v) is 6.62. The van der Waals surface area contributed by atoms with Gasteiger partial charge in [0.1, 0.15) is 5.75 Å². The highest BCUT2D eigenvalue weighted by Gasteiger charge is 2.17. The maximum atomic E-state index is 11.6. The van der Waals surface area contributed by atoms with Crippen LogP contribution in [0, 0.1) is 13.8 Å². The molecule has 110 valence electrons. The lowest BCUT2D eigenvalue weighted by atomic mass is 10.1. The van der Waals surface area contributed by atoms with E-state index in [2.05, 4.69) is 5.32 Å². The molecule has 20 heavy (non-hydrogen) atoms. The summed E-state index contributed by atoms with van der Waals surface area (Å²) < 4.78 is 10.4. The fourth-order valence-corrected chi connectivity index (χ4v) is 1.62. The van der Waals surface area contributed by atoms with Gasteiger partial charge in [-0.15, -0.1) is 0 Å². The number of carbonyl (C=O) groups is 2. The number of ether oxygens (including phenoxy) is 2. The Kier molecular flexibility index (Phi) is 6.03. The fraction of sp³-hybridized carbons (Fsp3) is 0.467. The van der Waals surface area contributed by atoms with Crippen molar-refractivity contribution in [2.24, 2.45) is 0 Å². The molecule has 1 aromatic rings. The fourth-order valence-electron chi connectivity index (χ4n) is 1.62. The Labute approximate surface area is 119 Å². The van der Waals surface area contributed by atoms with E-state index in [0.29, 0.717) is 12.3 Å². The third kappa shape index (κ3) is 4.57. The minimum Gasteiger partial charge on any atom is -0.482 e. The standard InChI is InChI=1S/C15H21NO4/c1-5-16-15(18)12(4)20-14(17)9-19-13-8-6-7-10(2)11(13)3/h6-8,12H,5,9H2,1-4H3,(H,16,18)/t12-/m1/s1. The zero-order valence-corrected chi connectivity index (χ0v) is 12.4. The normalized spacial score (nSPS) is 11.6. The summed E-state index contributed by atoms with van der Waals surface area (Å²) in [6, 6.07) is 5.63. The number of hydrogen-bond donors (Lipinski definition) is 1. The van der Waals surface area contributed by atoms with Gasteiger partial charge in [-0.25, -0.2) is 4.79 Å². The molecular formula is C15H21NO4. The molecule has 0 saturated carbocycles. The molecule has 0 aliphatic rings. The highest BCUT2D eigenvalue weighted by Crippen LogP contribution is 2.20. The zero-order chi connectivity index (χ0) is 15.1. The Morgan fingerprint density at radius 2 is 2.00 bits per heavy atom. The summed E-state index contributed by atoms with van der Waals surface area (Å²) in [7, 11) is 0. The monoisotopic (exact) mass is 279 g/mol. The van der Waals surface area contributed by atoms with Crippen LogP contribution in [-0.4, -0.2) is 31.1 Å². The molecule has 5 heteroatoms. The van der Waals surface area contributed by atoms with Crippen LogP contribution in [0.5, 0.6) is 5.75 Å². The van der Waals surface area contributed by atoms with E-state index in [0.717, 1.165) is 11.1 Å². The molecule has 0 aliphatic heterocycles. The Bertz CT molecular complexity index is 485. The summed E-state index contributed by atoms with van der Waals surface area (Å²) in [5, 5.41) is 2.58. The van der Waals surface area contributed by atoms with Gasteiger partial charge in [0, 0.05) is 6.54 Å². The largest absolute Gasteiger partial charge is 0.482 e. The lowest BCUT2D eigenvalue weighted by Crippen LogP contribution is -2.36. The van der Waals surface area contributed by atoms with Crippen LogP contribution < -0.4 is 10.1 Å². The number of amides is 1. The van der Waals surface area contributed by atoms with E-state index in [1.54, 1.807) is 13.0 Å². The van der Waals surface area contributed by atoms with Gasteiger partial charge in [-0.3, -0.25) is 4.79 Å². The summed E-state index contributed by atoms with van der Waals surface area (Å²) in [6.07, 6.45) is -0.815. The third-order valence-electron chi connectivity index (χ3n) is 2.93. The van der Waals surface area contributed by atoms with Crippen LogP contribution in [0.15, 0.2) is 18.2 Å². The van der Waals surface area contributed by atoms with Gasteiger partial charge in [0.15, 0.2) is 12.7 Å². The first kappa shape index (κ1) is 16.0. The van der Waals surface area contributed by atoms with Gasteiger partial charge < -0.3 is 14.8 Å². The van der Waals surface area contributed by atoms with E-state index in [1.165, 1.54) is 6.92 Å². The maximum absolute atomic E-state index is 11.6. The minimum absolute atomic E-state index is 0.214. The van der Waals surface area contributed by atoms with Crippen molar-refractivity contribution in [2.45, 2.75) is 33.8 Å². The van der Waals surface area contributed by atoms with Crippen molar-refractivity contribution in [1.82, 2.24) is 5.32 Å². The molecule has 1 rings (SSSR count). The zero-order valence-electron chi connectivity index (χ0n) is 12.4. The van der Waals surface area contributed by atoms with Crippen molar-refractivity contribution < 1.29 is 19.1 Å². The van der Waals surface area contributed by atoms with Crippen molar-refractivity contribution in [2.75, 3.05) is 13.2 Å². The molecule has 1 atom stereocenters. The quantitative estimate of drug-likeness (QED) is 0.806. The topological polar surface area (TPSA) is 64.6 Å². The molecule has 5 nitrogen and oxygen atoms in total. The second kappa shape index (κ2) is 7.53. The van der Waals surface area contributed by atoms with Crippen LogP contribution in [0.25, 0.3) is 0 Å². The molecule has 0 bridgehead atoms. The predicted molar refractivity (Wildman–Crippen MR) is 75.6 cm³/mol. The molecule has 0 unspecified atom stereocenters. The van der Waals surface area contributed by atoms with Crippen LogP contribution in [0.4, 0.5) is 0 Å². The van der Waals surface area contributed by atoms with Crippen molar-refractivity contribution in [3.8, 4) is 5.75 Å². The molecule has 0 aliphatic carbocycles. The van der Waals surface area contributed by atoms with E-state index in [4.69, 9.17) is 9.47 Å². The lowest BCUT2D eigenvalue weighted by Gasteiger charge is -2.14. The Morgan fingerprint density at radius 1 is 1.30 bits per heavy atom. The van der Waals surface area contributed by atoms with Crippen molar-refractivity contribution in [3.63, 3.8) is 0 Å². The molecule has 0 fully saturated rings. The summed E-state index contributed by atoms with van der Waals surface area (Å²) in [5.41, 5.74) is 2.07. The number of hydrogen-bond acceptors (Lipinski definition) is 4. The molecule has 0 aromatic heterocycles. The highest BCUT2D eigenvalue weighted by atomic mass is 16.6. The highest BCUT2D eigenvalue weighted by molar-refractivity contribution is 5.83. The SMILES string of the molecule is CCNC(=O)[C@@H](C)OC(=O)COc1cccc(C)c1C. The number of aryl methyl sites for hydroxylation is 1. The first-order valence-electron chi connectivity index (χ1n) is 6.62. The average molecular weight is 279 g/mol. The van der Waals surface area contributed by atoms with Crippen LogP contribution in [0.2, 0.25) is 0 Å². The van der Waals surface area contributed by atoms with E-state index < -0.39 is 12.1 Å². The molecule has 0 heterocycles. The number of likely N-dealkylation sites (N-methyl/N-ethyl adjacent to an activating group) is 1. The molecule has 0 saturated heterocycles. The first-order chi connectivity index (χ1) is 9.45. The summed E-state index contributed by atoms with van der Waals surface area (Å²) in [4.78, 5) is 23.0. The molecule has 0 radical (unpaired) electrons. The van der Waals surface area contributed by atoms with E-state index in [1.807, 2.05) is 26.0 Å². The van der Waals surface area contributed by atoms with Gasteiger partial charge in [0.05, 0.1) is 0 Å². The smallest absolute Gasteiger partial charge is 0.344 e. The second-order valence-electron chi connectivity index (χ2n) is 4.51. The molecular weight excluding hydrogens is 258 g/mol. The third-order valence-corrected chi connectivity index (χ3v) is 2.93. The van der Waals surface area contributed by atoms with E-state index in [-0.39, 0.29) is 12.5 Å². The van der Waals surface area contributed by atoms with Crippen LogP contribution >= 0.6 is 0 Å². The molecule has 1 amide bonds. The van der Waals surface area contributed by atoms with Gasteiger partial charge in [0.25, 0.3) is 5.91 Å². The number of nitrogens with one attached hydrogen (secondary N) is 1. The van der Waals surface area contributed by atoms with Crippen molar-refractivity contribution >= 4 is 11.9 Å². The Balaban J connectivity index is 2.47. The lowest BCUT2D eigenvalue weighted by molar-refractivity contribution is -0.156. The Hall–Kier alpha value is -2.04. The van der Waals surface area contributed by atoms with E-state index in [9.17, 15) is 9.59 Å². The van der Waals surface area contributed by atoms with Crippen LogP contribution in [-0.2, 0) is 14.3 Å². The van der Waals surface area contributed by atoms with Gasteiger partial charge >= 0.3 is 5.97 Å². The molecule has 1 aromatic carbocycles. The molecule has 1 N–H and O–H groups in total. The predicted octanol–water partition coefficient (Wildman–Crippen LogP) is 1.75. The summed E-state index contributed by atoms with van der Waals surface area (Å²) in [6.45, 7) is 7.51. The summed E-state index contributed by atoms with van der Waals surface area (Å²) >= 11 is 0. The number of benzene rings is 1. The van der Waals surface area contributed by atoms with Crippen LogP contribution in [0.3, 0.4) is 0 Å². The van der Waals surface area contributed by atoms with Gasteiger partial charge in [-0.2, -0.15) is 0 Å². The van der Waals surface area contributed by atoms with Gasteiger partial charge in [-0.1, -0.05) is 12.1 Å². The van der Waals surface area contributed by atoms with E-state index >= 15 is 0 Å². The maximum Gasteiger partial charge on any atom is 0.344 e. The molecule has 0 spiro atoms.